The van der Waals surface area contributed by atoms with Crippen molar-refractivity contribution in [2.45, 2.75) is 6.42 Å². The maximum absolute atomic E-state index is 5.84. The van der Waals surface area contributed by atoms with Crippen LogP contribution in [-0.2, 0) is 0 Å². The van der Waals surface area contributed by atoms with E-state index < -0.39 is 0 Å². The van der Waals surface area contributed by atoms with Crippen molar-refractivity contribution in [1.29, 1.82) is 0 Å². The van der Waals surface area contributed by atoms with Crippen LogP contribution in [0, 0.1) is 0 Å². The first-order chi connectivity index (χ1) is 11.8. The Labute approximate surface area is 139 Å². The summed E-state index contributed by atoms with van der Waals surface area (Å²) in [7, 11) is 0. The van der Waals surface area contributed by atoms with Crippen LogP contribution in [0.4, 0.5) is 11.6 Å². The molecule has 6 nitrogen and oxygen atoms in total. The normalized spacial score (nSPS) is 18.2. The van der Waals surface area contributed by atoms with Gasteiger partial charge >= 0.3 is 0 Å². The van der Waals surface area contributed by atoms with Gasteiger partial charge in [0, 0.05) is 0 Å². The molecule has 1 aliphatic carbocycles. The minimum atomic E-state index is 0.559. The summed E-state index contributed by atoms with van der Waals surface area (Å²) in [5, 5.41) is 0. The van der Waals surface area contributed by atoms with Gasteiger partial charge in [-0.15, -0.1) is 0 Å². The van der Waals surface area contributed by atoms with Crippen molar-refractivity contribution in [1.82, 2.24) is 15.4 Å². The van der Waals surface area contributed by atoms with Crippen molar-refractivity contribution in [3.05, 3.63) is 71.8 Å². The molecule has 0 atom stereocenters. The largest absolute Gasteiger partial charge is 0.458 e. The van der Waals surface area contributed by atoms with E-state index in [-0.39, 0.29) is 0 Å². The molecule has 1 aromatic carbocycles. The molecule has 2 aromatic rings. The molecular formula is C18H15N5O. The predicted molar refractivity (Wildman–Crippen MR) is 93.8 cm³/mol. The second-order valence-corrected chi connectivity index (χ2v) is 5.29. The third-order valence-corrected chi connectivity index (χ3v) is 3.80. The van der Waals surface area contributed by atoms with Crippen LogP contribution in [0.5, 0.6) is 5.75 Å². The molecule has 0 amide bonds. The lowest BCUT2D eigenvalue weighted by Gasteiger charge is -2.13. The second kappa shape index (κ2) is 6.00. The molecule has 0 bridgehead atoms. The van der Waals surface area contributed by atoms with E-state index in [1.165, 1.54) is 6.33 Å². The molecule has 0 spiro atoms. The maximum Gasteiger partial charge on any atom is 0.166 e. The number of hydrogen-bond acceptors (Lipinski definition) is 6. The molecule has 6 heteroatoms. The molecular weight excluding hydrogens is 302 g/mol. The van der Waals surface area contributed by atoms with Gasteiger partial charge in [-0.3, -0.25) is 10.9 Å². The van der Waals surface area contributed by atoms with Crippen molar-refractivity contribution >= 4 is 24.1 Å². The Bertz CT molecular complexity index is 884. The Balaban J connectivity index is 1.60. The molecule has 0 saturated carbocycles. The molecule has 2 N–H and O–H groups in total. The van der Waals surface area contributed by atoms with Crippen LogP contribution in [0.1, 0.15) is 12.0 Å². The second-order valence-electron chi connectivity index (χ2n) is 5.29. The van der Waals surface area contributed by atoms with Gasteiger partial charge in [-0.2, -0.15) is 0 Å². The number of aromatic nitrogens is 2. The third-order valence-electron chi connectivity index (χ3n) is 3.80. The fraction of sp³-hybridized carbons (Fsp3) is 0.0556. The number of ether oxygens (including phenoxy) is 1. The molecule has 0 radical (unpaired) electrons. The standard InChI is InChI=1S/C18H15N5O/c1-19-17-15-16(22-23-18(15)21-11-20-17)12-7-9-14(10-8-12)24-13-5-3-2-4-6-13/h2-7,9-11,22H,1,8H2,(H,20,21,23)/b16-12-. The van der Waals surface area contributed by atoms with E-state index in [1.807, 2.05) is 48.6 Å². The van der Waals surface area contributed by atoms with Crippen LogP contribution in [0.25, 0.3) is 5.70 Å². The zero-order valence-corrected chi connectivity index (χ0v) is 12.9. The van der Waals surface area contributed by atoms with Crippen molar-refractivity contribution < 1.29 is 4.74 Å². The number of aliphatic imine (C=N–C) groups is 1. The number of para-hydroxylation sites is 1. The summed E-state index contributed by atoms with van der Waals surface area (Å²) in [4.78, 5) is 12.4. The molecule has 0 unspecified atom stereocenters. The number of benzene rings is 1. The van der Waals surface area contributed by atoms with E-state index in [4.69, 9.17) is 4.74 Å². The van der Waals surface area contributed by atoms with Gasteiger partial charge in [0.05, 0.1) is 11.3 Å². The first kappa shape index (κ1) is 14.2. The smallest absolute Gasteiger partial charge is 0.166 e. The quantitative estimate of drug-likeness (QED) is 0.849. The van der Waals surface area contributed by atoms with Gasteiger partial charge in [-0.25, -0.2) is 15.0 Å². The fourth-order valence-corrected chi connectivity index (χ4v) is 2.66. The fourth-order valence-electron chi connectivity index (χ4n) is 2.66. The Hall–Kier alpha value is -3.41. The summed E-state index contributed by atoms with van der Waals surface area (Å²) in [6, 6.07) is 9.72. The van der Waals surface area contributed by atoms with E-state index in [0.29, 0.717) is 11.6 Å². The molecule has 2 aliphatic rings. The van der Waals surface area contributed by atoms with Crippen molar-refractivity contribution in [2.75, 3.05) is 5.43 Å². The highest BCUT2D eigenvalue weighted by Crippen LogP contribution is 2.36. The molecule has 24 heavy (non-hydrogen) atoms. The van der Waals surface area contributed by atoms with E-state index >= 15 is 0 Å². The Morgan fingerprint density at radius 2 is 1.96 bits per heavy atom. The SMILES string of the molecule is C=Nc1ncnc2c1/C(=C1\C=CC(Oc3ccccc3)=CC1)NN2. The lowest BCUT2D eigenvalue weighted by molar-refractivity contribution is 0.441. The molecule has 0 fully saturated rings. The van der Waals surface area contributed by atoms with Crippen LogP contribution in [0.15, 0.2) is 71.2 Å². The molecule has 0 saturated heterocycles. The summed E-state index contributed by atoms with van der Waals surface area (Å²) in [6.07, 6.45) is 8.21. The van der Waals surface area contributed by atoms with Crippen LogP contribution >= 0.6 is 0 Å². The van der Waals surface area contributed by atoms with Crippen molar-refractivity contribution in [2.24, 2.45) is 4.99 Å². The lowest BCUT2D eigenvalue weighted by atomic mass is 10.0. The lowest BCUT2D eigenvalue weighted by Crippen LogP contribution is -2.13. The number of nitrogens with zero attached hydrogens (tertiary/aromatic N) is 3. The maximum atomic E-state index is 5.84. The van der Waals surface area contributed by atoms with Crippen molar-refractivity contribution in [3.63, 3.8) is 0 Å². The van der Waals surface area contributed by atoms with Crippen LogP contribution in [0.3, 0.4) is 0 Å². The van der Waals surface area contributed by atoms with E-state index in [1.54, 1.807) is 0 Å². The molecule has 4 rings (SSSR count). The topological polar surface area (TPSA) is 71.4 Å². The Morgan fingerprint density at radius 3 is 2.71 bits per heavy atom. The van der Waals surface area contributed by atoms with Gasteiger partial charge in [0.2, 0.25) is 0 Å². The highest BCUT2D eigenvalue weighted by Gasteiger charge is 2.24. The minimum Gasteiger partial charge on any atom is -0.458 e. The summed E-state index contributed by atoms with van der Waals surface area (Å²) in [6.45, 7) is 3.58. The Kier molecular flexibility index (Phi) is 3.55. The first-order valence-corrected chi connectivity index (χ1v) is 7.53. The number of allylic oxidation sites excluding steroid dienone is 4. The summed E-state index contributed by atoms with van der Waals surface area (Å²) >= 11 is 0. The van der Waals surface area contributed by atoms with Crippen LogP contribution < -0.4 is 15.6 Å². The molecule has 1 aliphatic heterocycles. The monoisotopic (exact) mass is 317 g/mol. The van der Waals surface area contributed by atoms with E-state index in [9.17, 15) is 0 Å². The molecule has 1 aromatic heterocycles. The van der Waals surface area contributed by atoms with Crippen LogP contribution in [0.2, 0.25) is 0 Å². The average molecular weight is 317 g/mol. The average Bonchev–Trinajstić information content (AvgIpc) is 3.07. The zero-order valence-electron chi connectivity index (χ0n) is 12.9. The summed E-state index contributed by atoms with van der Waals surface area (Å²) in [5.74, 6) is 2.91. The molecule has 2 heterocycles. The summed E-state index contributed by atoms with van der Waals surface area (Å²) < 4.78 is 5.84. The van der Waals surface area contributed by atoms with Gasteiger partial charge in [0.1, 0.15) is 17.8 Å². The number of nitrogens with one attached hydrogen (secondary N) is 2. The number of hydrazine groups is 1. The number of rotatable bonds is 3. The Morgan fingerprint density at radius 1 is 1.08 bits per heavy atom. The first-order valence-electron chi connectivity index (χ1n) is 7.53. The zero-order chi connectivity index (χ0) is 16.4. The van der Waals surface area contributed by atoms with E-state index in [2.05, 4.69) is 32.5 Å². The van der Waals surface area contributed by atoms with Gasteiger partial charge in [0.15, 0.2) is 11.6 Å². The van der Waals surface area contributed by atoms with Crippen LogP contribution in [-0.4, -0.2) is 16.7 Å². The van der Waals surface area contributed by atoms with Gasteiger partial charge in [-0.05, 0) is 43.0 Å². The number of fused-ring (bicyclic) bond motifs is 1. The van der Waals surface area contributed by atoms with Gasteiger partial charge in [-0.1, -0.05) is 24.3 Å². The minimum absolute atomic E-state index is 0.559. The van der Waals surface area contributed by atoms with Gasteiger partial charge < -0.3 is 4.74 Å². The third kappa shape index (κ3) is 2.54. The summed E-state index contributed by atoms with van der Waals surface area (Å²) in [5.41, 5.74) is 9.04. The highest BCUT2D eigenvalue weighted by atomic mass is 16.5. The molecule has 118 valence electrons. The predicted octanol–water partition coefficient (Wildman–Crippen LogP) is 3.37. The van der Waals surface area contributed by atoms with Gasteiger partial charge in [0.25, 0.3) is 0 Å². The van der Waals surface area contributed by atoms with Crippen molar-refractivity contribution in [3.8, 4) is 5.75 Å². The number of anilines is 1. The highest BCUT2D eigenvalue weighted by molar-refractivity contribution is 5.87. The van der Waals surface area contributed by atoms with E-state index in [0.717, 1.165) is 34.8 Å². The number of hydrogen-bond donors (Lipinski definition) is 2.